The molecule has 2 saturated carbocycles. The molecule has 0 radical (unpaired) electrons. The highest BCUT2D eigenvalue weighted by Crippen LogP contribution is 2.33. The zero-order valence-corrected chi connectivity index (χ0v) is 10.7. The fraction of sp³-hybridized carbons (Fsp3) is 0.714. The summed E-state index contributed by atoms with van der Waals surface area (Å²) >= 11 is 0. The number of nitrogens with zero attached hydrogens (tertiary/aromatic N) is 1. The molecule has 0 saturated heterocycles. The summed E-state index contributed by atoms with van der Waals surface area (Å²) in [6.45, 7) is 0.828. The van der Waals surface area contributed by atoms with Crippen LogP contribution in [0.3, 0.4) is 0 Å². The minimum atomic E-state index is 0.0521. The van der Waals surface area contributed by atoms with Crippen LogP contribution < -0.4 is 5.32 Å². The molecule has 1 heterocycles. The van der Waals surface area contributed by atoms with Crippen molar-refractivity contribution in [1.29, 1.82) is 0 Å². The Morgan fingerprint density at radius 2 is 2.06 bits per heavy atom. The minimum absolute atomic E-state index is 0.0521. The zero-order chi connectivity index (χ0) is 12.4. The van der Waals surface area contributed by atoms with Crippen LogP contribution in [0.15, 0.2) is 6.20 Å². The van der Waals surface area contributed by atoms with Gasteiger partial charge in [0.15, 0.2) is 0 Å². The van der Waals surface area contributed by atoms with Crippen LogP contribution in [0.5, 0.6) is 0 Å². The number of nitrogens with one attached hydrogen (secondary N) is 2. The Kier molecular flexibility index (Phi) is 3.35. The third kappa shape index (κ3) is 2.57. The van der Waals surface area contributed by atoms with Gasteiger partial charge in [0, 0.05) is 12.5 Å². The number of carbonyl (C=O) groups is 1. The average molecular weight is 247 g/mol. The highest BCUT2D eigenvalue weighted by atomic mass is 16.1. The molecule has 0 unspecified atom stereocenters. The fourth-order valence-corrected chi connectivity index (χ4v) is 2.83. The molecular weight excluding hydrogens is 226 g/mol. The average Bonchev–Trinajstić information content (AvgIpc) is 3.11. The van der Waals surface area contributed by atoms with Crippen molar-refractivity contribution in [2.75, 3.05) is 6.54 Å². The molecule has 0 spiro atoms. The van der Waals surface area contributed by atoms with Crippen molar-refractivity contribution in [2.45, 2.75) is 50.9 Å². The van der Waals surface area contributed by atoms with Crippen molar-refractivity contribution in [3.05, 3.63) is 17.5 Å². The molecule has 2 aliphatic carbocycles. The van der Waals surface area contributed by atoms with E-state index in [9.17, 15) is 4.79 Å². The fourth-order valence-electron chi connectivity index (χ4n) is 2.83. The molecule has 1 aromatic rings. The summed E-state index contributed by atoms with van der Waals surface area (Å²) in [6.07, 6.45) is 10.5. The lowest BCUT2D eigenvalue weighted by Crippen LogP contribution is -2.26. The summed E-state index contributed by atoms with van der Waals surface area (Å²) in [4.78, 5) is 12.1. The number of hydrogen-bond donors (Lipinski definition) is 2. The topological polar surface area (TPSA) is 57.8 Å². The first-order valence-corrected chi connectivity index (χ1v) is 7.16. The molecule has 2 fully saturated rings. The molecule has 1 amide bonds. The summed E-state index contributed by atoms with van der Waals surface area (Å²) < 4.78 is 0. The summed E-state index contributed by atoms with van der Waals surface area (Å²) in [5.74, 6) is 1.28. The molecule has 98 valence electrons. The molecule has 2 aliphatic rings. The van der Waals surface area contributed by atoms with Crippen LogP contribution in [0.1, 0.15) is 66.9 Å². The molecule has 0 aliphatic heterocycles. The molecule has 2 N–H and O–H groups in total. The number of rotatable bonds is 4. The van der Waals surface area contributed by atoms with E-state index in [0.717, 1.165) is 23.7 Å². The van der Waals surface area contributed by atoms with Gasteiger partial charge in [0.1, 0.15) is 0 Å². The Balaban J connectivity index is 1.66. The maximum Gasteiger partial charge on any atom is 0.254 e. The predicted octanol–water partition coefficient (Wildman–Crippen LogP) is 2.60. The zero-order valence-electron chi connectivity index (χ0n) is 10.7. The van der Waals surface area contributed by atoms with Crippen LogP contribution in [0, 0.1) is 5.92 Å². The summed E-state index contributed by atoms with van der Waals surface area (Å²) in [5.41, 5.74) is 1.82. The van der Waals surface area contributed by atoms with Crippen LogP contribution >= 0.6 is 0 Å². The van der Waals surface area contributed by atoms with Gasteiger partial charge in [-0.15, -0.1) is 0 Å². The van der Waals surface area contributed by atoms with Gasteiger partial charge in [0.2, 0.25) is 0 Å². The van der Waals surface area contributed by atoms with Gasteiger partial charge in [-0.2, -0.15) is 5.10 Å². The molecule has 1 aromatic heterocycles. The quantitative estimate of drug-likeness (QED) is 0.859. The number of carbonyl (C=O) groups excluding carboxylic acids is 1. The van der Waals surface area contributed by atoms with E-state index in [-0.39, 0.29) is 5.91 Å². The van der Waals surface area contributed by atoms with E-state index in [1.807, 2.05) is 0 Å². The Morgan fingerprint density at radius 1 is 1.28 bits per heavy atom. The molecule has 0 atom stereocenters. The van der Waals surface area contributed by atoms with Gasteiger partial charge in [-0.05, 0) is 31.6 Å². The van der Waals surface area contributed by atoms with Crippen LogP contribution in [0.25, 0.3) is 0 Å². The molecule has 18 heavy (non-hydrogen) atoms. The molecule has 4 heteroatoms. The van der Waals surface area contributed by atoms with Crippen molar-refractivity contribution in [2.24, 2.45) is 5.92 Å². The van der Waals surface area contributed by atoms with E-state index in [2.05, 4.69) is 15.5 Å². The normalized spacial score (nSPS) is 20.9. The van der Waals surface area contributed by atoms with Gasteiger partial charge in [-0.25, -0.2) is 0 Å². The highest BCUT2D eigenvalue weighted by Gasteiger charge is 2.25. The second kappa shape index (κ2) is 5.12. The largest absolute Gasteiger partial charge is 0.352 e. The van der Waals surface area contributed by atoms with Gasteiger partial charge < -0.3 is 5.32 Å². The van der Waals surface area contributed by atoms with Gasteiger partial charge >= 0.3 is 0 Å². The molecule has 4 nitrogen and oxygen atoms in total. The van der Waals surface area contributed by atoms with Crippen molar-refractivity contribution < 1.29 is 4.79 Å². The second-order valence-corrected chi connectivity index (χ2v) is 5.69. The predicted molar refractivity (Wildman–Crippen MR) is 69.5 cm³/mol. The van der Waals surface area contributed by atoms with Crippen LogP contribution in [0.2, 0.25) is 0 Å². The second-order valence-electron chi connectivity index (χ2n) is 5.69. The number of amides is 1. The van der Waals surface area contributed by atoms with Crippen molar-refractivity contribution in [3.8, 4) is 0 Å². The van der Waals surface area contributed by atoms with Crippen molar-refractivity contribution in [3.63, 3.8) is 0 Å². The van der Waals surface area contributed by atoms with Crippen LogP contribution in [-0.2, 0) is 0 Å². The summed E-state index contributed by atoms with van der Waals surface area (Å²) in [5, 5.41) is 10.2. The lowest BCUT2D eigenvalue weighted by molar-refractivity contribution is 0.0950. The standard InChI is InChI=1S/C14H21N3O/c18-14(15-8-10-6-7-10)12-9-16-17-13(12)11-4-2-1-3-5-11/h9-11H,1-8H2,(H,15,18)(H,16,17). The first-order chi connectivity index (χ1) is 8.84. The lowest BCUT2D eigenvalue weighted by atomic mass is 9.85. The summed E-state index contributed by atoms with van der Waals surface area (Å²) in [6, 6.07) is 0. The van der Waals surface area contributed by atoms with Crippen molar-refractivity contribution >= 4 is 5.91 Å². The Morgan fingerprint density at radius 3 is 2.78 bits per heavy atom. The number of H-pyrrole nitrogens is 1. The van der Waals surface area contributed by atoms with Crippen LogP contribution in [0.4, 0.5) is 0 Å². The van der Waals surface area contributed by atoms with Crippen LogP contribution in [-0.4, -0.2) is 22.6 Å². The Hall–Kier alpha value is -1.32. The SMILES string of the molecule is O=C(NCC1CC1)c1cn[nH]c1C1CCCCC1. The molecule has 0 bridgehead atoms. The van der Waals surface area contributed by atoms with Gasteiger partial charge in [-0.3, -0.25) is 9.89 Å². The summed E-state index contributed by atoms with van der Waals surface area (Å²) in [7, 11) is 0. The molecular formula is C14H21N3O. The lowest BCUT2D eigenvalue weighted by Gasteiger charge is -2.21. The maximum atomic E-state index is 12.1. The van der Waals surface area contributed by atoms with E-state index in [4.69, 9.17) is 0 Å². The first kappa shape index (κ1) is 11.8. The maximum absolute atomic E-state index is 12.1. The highest BCUT2D eigenvalue weighted by molar-refractivity contribution is 5.95. The van der Waals surface area contributed by atoms with E-state index >= 15 is 0 Å². The van der Waals surface area contributed by atoms with E-state index in [0.29, 0.717) is 5.92 Å². The monoisotopic (exact) mass is 247 g/mol. The van der Waals surface area contributed by atoms with Gasteiger partial charge in [0.05, 0.1) is 17.5 Å². The Bertz CT molecular complexity index is 416. The minimum Gasteiger partial charge on any atom is -0.352 e. The smallest absolute Gasteiger partial charge is 0.254 e. The first-order valence-electron chi connectivity index (χ1n) is 7.16. The van der Waals surface area contributed by atoms with Gasteiger partial charge in [-0.1, -0.05) is 19.3 Å². The van der Waals surface area contributed by atoms with E-state index in [1.54, 1.807) is 6.20 Å². The number of hydrogen-bond acceptors (Lipinski definition) is 2. The number of aromatic amines is 1. The third-order valence-corrected chi connectivity index (χ3v) is 4.18. The van der Waals surface area contributed by atoms with Gasteiger partial charge in [0.25, 0.3) is 5.91 Å². The van der Waals surface area contributed by atoms with Crippen molar-refractivity contribution in [1.82, 2.24) is 15.5 Å². The Labute approximate surface area is 108 Å². The molecule has 0 aromatic carbocycles. The molecule has 3 rings (SSSR count). The van der Waals surface area contributed by atoms with E-state index in [1.165, 1.54) is 44.9 Å². The van der Waals surface area contributed by atoms with E-state index < -0.39 is 0 Å². The number of aromatic nitrogens is 2. The third-order valence-electron chi connectivity index (χ3n) is 4.18.